The largest absolute Gasteiger partial charge is 0.497 e. The maximum Gasteiger partial charge on any atom is 0.119 e. The van der Waals surface area contributed by atoms with E-state index in [2.05, 4.69) is 41.8 Å². The molecule has 3 aromatic carbocycles. The number of hydrogen-bond acceptors (Lipinski definition) is 3. The number of anilines is 1. The Bertz CT molecular complexity index is 1240. The number of rotatable bonds is 5. The average Bonchev–Trinajstić information content (AvgIpc) is 3.06. The van der Waals surface area contributed by atoms with Crippen molar-refractivity contribution in [3.05, 3.63) is 72.3 Å². The molecule has 4 aromatic rings. The Balaban J connectivity index is 0.00000256. The molecule has 0 amide bonds. The predicted octanol–water partition coefficient (Wildman–Crippen LogP) is 6.09. The number of nitrogen functional groups attached to an aromatic ring is 1. The SMILES string of the molecule is CCCn1c(-c2cccc(N)c2)c(C#N)c2cc(-c3cccc(OC)c3)ccc21.[HH]. The van der Waals surface area contributed by atoms with E-state index in [9.17, 15) is 5.26 Å². The van der Waals surface area contributed by atoms with Crippen LogP contribution >= 0.6 is 0 Å². The Morgan fingerprint density at radius 3 is 2.48 bits per heavy atom. The molecule has 0 aliphatic rings. The molecule has 4 heteroatoms. The van der Waals surface area contributed by atoms with Gasteiger partial charge in [-0.05, 0) is 53.9 Å². The second kappa shape index (κ2) is 7.73. The normalized spacial score (nSPS) is 10.8. The van der Waals surface area contributed by atoms with Gasteiger partial charge in [-0.3, -0.25) is 0 Å². The van der Waals surface area contributed by atoms with Crippen LogP contribution in [-0.2, 0) is 6.54 Å². The second-order valence-corrected chi connectivity index (χ2v) is 7.08. The summed E-state index contributed by atoms with van der Waals surface area (Å²) in [5.74, 6) is 0.812. The maximum atomic E-state index is 10.1. The fourth-order valence-electron chi connectivity index (χ4n) is 3.89. The highest BCUT2D eigenvalue weighted by Crippen LogP contribution is 2.37. The Morgan fingerprint density at radius 2 is 1.76 bits per heavy atom. The van der Waals surface area contributed by atoms with E-state index >= 15 is 0 Å². The summed E-state index contributed by atoms with van der Waals surface area (Å²) < 4.78 is 7.60. The van der Waals surface area contributed by atoms with Gasteiger partial charge in [-0.25, -0.2) is 0 Å². The van der Waals surface area contributed by atoms with Gasteiger partial charge < -0.3 is 15.0 Å². The molecule has 4 nitrogen and oxygen atoms in total. The van der Waals surface area contributed by atoms with Gasteiger partial charge in [-0.1, -0.05) is 37.3 Å². The smallest absolute Gasteiger partial charge is 0.119 e. The van der Waals surface area contributed by atoms with E-state index in [4.69, 9.17) is 10.5 Å². The molecular formula is C25H25N3O. The molecule has 0 aliphatic carbocycles. The minimum atomic E-state index is 0. The van der Waals surface area contributed by atoms with Crippen LogP contribution in [0.25, 0.3) is 33.3 Å². The number of benzene rings is 3. The van der Waals surface area contributed by atoms with Crippen LogP contribution < -0.4 is 10.5 Å². The van der Waals surface area contributed by atoms with Crippen molar-refractivity contribution in [3.63, 3.8) is 0 Å². The van der Waals surface area contributed by atoms with E-state index in [0.717, 1.165) is 52.0 Å². The van der Waals surface area contributed by atoms with Crippen LogP contribution in [0.4, 0.5) is 5.69 Å². The molecule has 0 saturated heterocycles. The Hall–Kier alpha value is -3.71. The van der Waals surface area contributed by atoms with Crippen molar-refractivity contribution in [2.75, 3.05) is 12.8 Å². The summed E-state index contributed by atoms with van der Waals surface area (Å²) in [7, 11) is 1.67. The van der Waals surface area contributed by atoms with Gasteiger partial charge in [0.2, 0.25) is 0 Å². The Labute approximate surface area is 172 Å². The van der Waals surface area contributed by atoms with Crippen molar-refractivity contribution >= 4 is 16.6 Å². The maximum absolute atomic E-state index is 10.1. The lowest BCUT2D eigenvalue weighted by Crippen LogP contribution is -2.00. The van der Waals surface area contributed by atoms with Gasteiger partial charge >= 0.3 is 0 Å². The summed E-state index contributed by atoms with van der Waals surface area (Å²) in [6, 6.07) is 24.5. The van der Waals surface area contributed by atoms with Crippen molar-refractivity contribution in [2.24, 2.45) is 0 Å². The lowest BCUT2D eigenvalue weighted by atomic mass is 10.0. The highest BCUT2D eigenvalue weighted by molar-refractivity contribution is 5.97. The quantitative estimate of drug-likeness (QED) is 0.424. The molecule has 0 unspecified atom stereocenters. The molecule has 1 heterocycles. The zero-order valence-corrected chi connectivity index (χ0v) is 16.6. The van der Waals surface area contributed by atoms with Crippen LogP contribution in [0.5, 0.6) is 5.75 Å². The molecule has 1 aromatic heterocycles. The van der Waals surface area contributed by atoms with Gasteiger partial charge in [-0.15, -0.1) is 0 Å². The lowest BCUT2D eigenvalue weighted by molar-refractivity contribution is 0.415. The van der Waals surface area contributed by atoms with Crippen molar-refractivity contribution in [3.8, 4) is 34.2 Å². The number of hydrogen-bond donors (Lipinski definition) is 1. The predicted molar refractivity (Wildman–Crippen MR) is 121 cm³/mol. The summed E-state index contributed by atoms with van der Waals surface area (Å²) in [6.07, 6.45) is 0.974. The van der Waals surface area contributed by atoms with Crippen molar-refractivity contribution in [2.45, 2.75) is 19.9 Å². The van der Waals surface area contributed by atoms with E-state index in [1.165, 1.54) is 0 Å². The van der Waals surface area contributed by atoms with Crippen LogP contribution in [0.3, 0.4) is 0 Å². The molecule has 0 atom stereocenters. The first kappa shape index (κ1) is 18.6. The zero-order valence-electron chi connectivity index (χ0n) is 16.6. The topological polar surface area (TPSA) is 64.0 Å². The number of nitrogens with two attached hydrogens (primary N) is 1. The van der Waals surface area contributed by atoms with Crippen LogP contribution in [0.2, 0.25) is 0 Å². The third-order valence-corrected chi connectivity index (χ3v) is 5.19. The first-order valence-electron chi connectivity index (χ1n) is 9.73. The van der Waals surface area contributed by atoms with Crippen LogP contribution in [0, 0.1) is 11.3 Å². The molecule has 2 N–H and O–H groups in total. The van der Waals surface area contributed by atoms with Crippen LogP contribution in [0.1, 0.15) is 20.3 Å². The number of methoxy groups -OCH3 is 1. The molecule has 0 saturated carbocycles. The fourth-order valence-corrected chi connectivity index (χ4v) is 3.89. The standard InChI is InChI=1S/C25H23N3O.H2/c1-3-12-28-24-11-10-18(17-6-5-9-21(14-17)29-2)15-22(24)23(16-26)25(28)19-7-4-8-20(27)13-19;/h4-11,13-15H,3,12,27H2,1-2H3;1H. The molecule has 4 rings (SSSR count). The minimum Gasteiger partial charge on any atom is -0.497 e. The summed E-state index contributed by atoms with van der Waals surface area (Å²) in [5.41, 5.74) is 12.5. The van der Waals surface area contributed by atoms with Crippen LogP contribution in [0.15, 0.2) is 66.7 Å². The first-order chi connectivity index (χ1) is 14.2. The zero-order chi connectivity index (χ0) is 20.4. The van der Waals surface area contributed by atoms with Gasteiger partial charge in [-0.2, -0.15) is 5.26 Å². The highest BCUT2D eigenvalue weighted by atomic mass is 16.5. The molecule has 0 aliphatic heterocycles. The van der Waals surface area contributed by atoms with E-state index < -0.39 is 0 Å². The molecule has 0 radical (unpaired) electrons. The molecular weight excluding hydrogens is 358 g/mol. The summed E-state index contributed by atoms with van der Waals surface area (Å²) >= 11 is 0. The number of nitriles is 1. The average molecular weight is 383 g/mol. The van der Waals surface area contributed by atoms with Crippen molar-refractivity contribution in [1.82, 2.24) is 4.57 Å². The lowest BCUT2D eigenvalue weighted by Gasteiger charge is -2.11. The molecule has 0 fully saturated rings. The Kier molecular flexibility index (Phi) is 4.97. The number of ether oxygens (including phenoxy) is 1. The van der Waals surface area contributed by atoms with Gasteiger partial charge in [0.15, 0.2) is 0 Å². The fraction of sp³-hybridized carbons (Fsp3) is 0.160. The summed E-state index contributed by atoms with van der Waals surface area (Å²) in [4.78, 5) is 0. The van der Waals surface area contributed by atoms with E-state index in [0.29, 0.717) is 11.3 Å². The van der Waals surface area contributed by atoms with Gasteiger partial charge in [0.05, 0.1) is 18.4 Å². The van der Waals surface area contributed by atoms with Crippen molar-refractivity contribution < 1.29 is 6.16 Å². The van der Waals surface area contributed by atoms with Crippen LogP contribution in [-0.4, -0.2) is 11.7 Å². The van der Waals surface area contributed by atoms with Gasteiger partial charge in [0.1, 0.15) is 11.8 Å². The summed E-state index contributed by atoms with van der Waals surface area (Å²) in [5, 5.41) is 11.0. The van der Waals surface area contributed by atoms with E-state index in [1.807, 2.05) is 42.5 Å². The molecule has 29 heavy (non-hydrogen) atoms. The van der Waals surface area contributed by atoms with Gasteiger partial charge in [0, 0.05) is 30.1 Å². The number of aromatic nitrogens is 1. The highest BCUT2D eigenvalue weighted by Gasteiger charge is 2.19. The first-order valence-corrected chi connectivity index (χ1v) is 9.73. The Morgan fingerprint density at radius 1 is 1.00 bits per heavy atom. The number of fused-ring (bicyclic) bond motifs is 1. The van der Waals surface area contributed by atoms with Gasteiger partial charge in [0.25, 0.3) is 0 Å². The third-order valence-electron chi connectivity index (χ3n) is 5.19. The summed E-state index contributed by atoms with van der Waals surface area (Å²) in [6.45, 7) is 2.98. The molecule has 0 bridgehead atoms. The number of aryl methyl sites for hydroxylation is 1. The third kappa shape index (κ3) is 3.32. The van der Waals surface area contributed by atoms with E-state index in [1.54, 1.807) is 7.11 Å². The second-order valence-electron chi connectivity index (χ2n) is 7.08. The molecule has 146 valence electrons. The monoisotopic (exact) mass is 383 g/mol. The molecule has 0 spiro atoms. The van der Waals surface area contributed by atoms with E-state index in [-0.39, 0.29) is 1.43 Å². The van der Waals surface area contributed by atoms with Crippen molar-refractivity contribution in [1.29, 1.82) is 5.26 Å². The number of nitrogens with zero attached hydrogens (tertiary/aromatic N) is 2. The minimum absolute atomic E-state index is 0.